The molecule has 0 saturated carbocycles. The zero-order valence-electron chi connectivity index (χ0n) is 19.2. The molecule has 11 nitrogen and oxygen atoms in total. The highest BCUT2D eigenvalue weighted by Crippen LogP contribution is 2.47. The van der Waals surface area contributed by atoms with Gasteiger partial charge in [-0.2, -0.15) is 0 Å². The van der Waals surface area contributed by atoms with Crippen molar-refractivity contribution in [3.05, 3.63) is 33.7 Å². The highest BCUT2D eigenvalue weighted by molar-refractivity contribution is 8.00. The van der Waals surface area contributed by atoms with Gasteiger partial charge in [0.25, 0.3) is 11.6 Å². The van der Waals surface area contributed by atoms with Crippen molar-refractivity contribution in [3.8, 4) is 0 Å². The van der Waals surface area contributed by atoms with Crippen LogP contribution < -0.4 is 16.4 Å². The summed E-state index contributed by atoms with van der Waals surface area (Å²) in [7, 11) is 1.34. The Labute approximate surface area is 210 Å². The summed E-state index contributed by atoms with van der Waals surface area (Å²) in [5.74, 6) is -1.17. The van der Waals surface area contributed by atoms with Gasteiger partial charge in [-0.05, 0) is 43.3 Å². The number of carbonyl (C=O) groups is 4. The molecule has 1 aromatic rings. The van der Waals surface area contributed by atoms with Gasteiger partial charge in [-0.15, -0.1) is 23.1 Å². The molecule has 13 heteroatoms. The normalized spacial score (nSPS) is 24.4. The van der Waals surface area contributed by atoms with E-state index in [1.165, 1.54) is 35.1 Å². The molecule has 2 saturated heterocycles. The average molecular weight is 525 g/mol. The predicted octanol–water partition coefficient (Wildman–Crippen LogP) is 0.557. The van der Waals surface area contributed by atoms with Crippen molar-refractivity contribution in [2.75, 3.05) is 39.2 Å². The second-order valence-electron chi connectivity index (χ2n) is 8.43. The Hall–Kier alpha value is -2.61. The molecule has 4 rings (SSSR count). The van der Waals surface area contributed by atoms with Crippen molar-refractivity contribution in [1.82, 2.24) is 15.5 Å². The number of nitrogens with two attached hydrogens (primary N) is 1. The standard InChI is InChI=1S/C22H28N4O7S2/c1-31-22(25-16(27)9-15-3-2-8-34-15)19(29)26-17(14(11-33-21(23)30)12-35-20(22)26)18(28)32-10-13-4-6-24-7-5-13/h2-3,8,13,20,24H,4-7,9-12H2,1H3,(H2,23,30)(H,25,27). The van der Waals surface area contributed by atoms with Crippen molar-refractivity contribution in [2.24, 2.45) is 11.7 Å². The van der Waals surface area contributed by atoms with Crippen LogP contribution in [0.5, 0.6) is 0 Å². The van der Waals surface area contributed by atoms with Gasteiger partial charge in [0, 0.05) is 23.3 Å². The molecule has 3 aliphatic heterocycles. The number of hydrogen-bond donors (Lipinski definition) is 3. The molecule has 3 aliphatic rings. The van der Waals surface area contributed by atoms with Crippen molar-refractivity contribution >= 4 is 47.0 Å². The smallest absolute Gasteiger partial charge is 0.404 e. The van der Waals surface area contributed by atoms with E-state index in [-0.39, 0.29) is 42.9 Å². The number of primary amides is 1. The molecule has 190 valence electrons. The molecular formula is C22H28N4O7S2. The summed E-state index contributed by atoms with van der Waals surface area (Å²) >= 11 is 2.72. The first kappa shape index (κ1) is 25.5. The van der Waals surface area contributed by atoms with E-state index >= 15 is 0 Å². The zero-order valence-corrected chi connectivity index (χ0v) is 20.9. The molecule has 2 fully saturated rings. The van der Waals surface area contributed by atoms with Gasteiger partial charge in [0.2, 0.25) is 5.91 Å². The van der Waals surface area contributed by atoms with Gasteiger partial charge in [-0.1, -0.05) is 6.07 Å². The van der Waals surface area contributed by atoms with Crippen LogP contribution in [0.4, 0.5) is 4.79 Å². The lowest BCUT2D eigenvalue weighted by Crippen LogP contribution is -2.80. The molecule has 4 heterocycles. The lowest BCUT2D eigenvalue weighted by molar-refractivity contribution is -0.193. The van der Waals surface area contributed by atoms with E-state index < -0.39 is 29.1 Å². The number of piperidine rings is 1. The molecule has 0 aromatic carbocycles. The van der Waals surface area contributed by atoms with Crippen LogP contribution in [0, 0.1) is 5.92 Å². The fraction of sp³-hybridized carbons (Fsp3) is 0.545. The second kappa shape index (κ2) is 11.0. The quantitative estimate of drug-likeness (QED) is 0.239. The Balaban J connectivity index is 1.52. The van der Waals surface area contributed by atoms with Crippen LogP contribution in [0.2, 0.25) is 0 Å². The molecule has 0 bridgehead atoms. The first-order chi connectivity index (χ1) is 16.9. The molecule has 2 unspecified atom stereocenters. The SMILES string of the molecule is COC1(NC(=O)Cc2cccs2)C(=O)N2C(C(=O)OCC3CCNCC3)=C(COC(N)=O)CSC21. The van der Waals surface area contributed by atoms with Crippen LogP contribution in [-0.4, -0.2) is 79.0 Å². The minimum atomic E-state index is -1.62. The highest BCUT2D eigenvalue weighted by atomic mass is 32.2. The molecular weight excluding hydrogens is 496 g/mol. The van der Waals surface area contributed by atoms with Gasteiger partial charge in [-0.3, -0.25) is 14.5 Å². The van der Waals surface area contributed by atoms with Crippen molar-refractivity contribution in [3.63, 3.8) is 0 Å². The number of nitrogens with one attached hydrogen (secondary N) is 2. The fourth-order valence-electron chi connectivity index (χ4n) is 4.33. The fourth-order valence-corrected chi connectivity index (χ4v) is 6.46. The molecule has 4 N–H and O–H groups in total. The van der Waals surface area contributed by atoms with E-state index in [1.807, 2.05) is 17.5 Å². The van der Waals surface area contributed by atoms with Gasteiger partial charge >= 0.3 is 12.1 Å². The number of hydrogen-bond acceptors (Lipinski definition) is 10. The average Bonchev–Trinajstić information content (AvgIpc) is 3.37. The number of methoxy groups -OCH3 is 1. The van der Waals surface area contributed by atoms with Crippen LogP contribution in [0.3, 0.4) is 0 Å². The number of β-lactam (4-membered cyclic amide) rings is 1. The van der Waals surface area contributed by atoms with Gasteiger partial charge in [0.15, 0.2) is 0 Å². The number of thioether (sulfide) groups is 1. The van der Waals surface area contributed by atoms with Gasteiger partial charge in [0.05, 0.1) is 13.0 Å². The van der Waals surface area contributed by atoms with Crippen LogP contribution in [-0.2, 0) is 35.0 Å². The number of rotatable bonds is 9. The lowest BCUT2D eigenvalue weighted by atomic mass is 9.97. The third-order valence-corrected chi connectivity index (χ3v) is 8.41. The summed E-state index contributed by atoms with van der Waals surface area (Å²) in [6.45, 7) is 1.68. The number of amides is 3. The van der Waals surface area contributed by atoms with E-state index in [9.17, 15) is 19.2 Å². The number of fused-ring (bicyclic) bond motifs is 1. The minimum absolute atomic E-state index is 0.00844. The maximum atomic E-state index is 13.4. The lowest BCUT2D eigenvalue weighted by Gasteiger charge is -2.55. The Kier molecular flexibility index (Phi) is 7.99. The third kappa shape index (κ3) is 5.32. The number of carbonyl (C=O) groups excluding carboxylic acids is 4. The summed E-state index contributed by atoms with van der Waals surface area (Å²) in [4.78, 5) is 52.5. The monoisotopic (exact) mass is 524 g/mol. The van der Waals surface area contributed by atoms with Crippen molar-refractivity contribution < 1.29 is 33.4 Å². The van der Waals surface area contributed by atoms with E-state index in [0.29, 0.717) is 5.57 Å². The molecule has 0 aliphatic carbocycles. The van der Waals surface area contributed by atoms with Gasteiger partial charge in [-0.25, -0.2) is 9.59 Å². The molecule has 1 aromatic heterocycles. The molecule has 3 amide bonds. The first-order valence-corrected chi connectivity index (χ1v) is 13.1. The first-order valence-electron chi connectivity index (χ1n) is 11.2. The Morgan fingerprint density at radius 1 is 1.29 bits per heavy atom. The highest BCUT2D eigenvalue weighted by Gasteiger charge is 2.66. The summed E-state index contributed by atoms with van der Waals surface area (Å²) in [5, 5.41) is 7.16. The molecule has 0 radical (unpaired) electrons. The van der Waals surface area contributed by atoms with E-state index in [4.69, 9.17) is 19.9 Å². The van der Waals surface area contributed by atoms with E-state index in [0.717, 1.165) is 30.8 Å². The summed E-state index contributed by atoms with van der Waals surface area (Å²) in [5.41, 5.74) is 3.90. The number of esters is 1. The second-order valence-corrected chi connectivity index (χ2v) is 10.5. The number of thiophene rings is 1. The van der Waals surface area contributed by atoms with Crippen LogP contribution in [0.15, 0.2) is 28.8 Å². The minimum Gasteiger partial charge on any atom is -0.461 e. The van der Waals surface area contributed by atoms with Gasteiger partial charge < -0.3 is 30.6 Å². The predicted molar refractivity (Wildman–Crippen MR) is 128 cm³/mol. The van der Waals surface area contributed by atoms with Gasteiger partial charge in [0.1, 0.15) is 17.7 Å². The number of nitrogens with zero attached hydrogens (tertiary/aromatic N) is 1. The summed E-state index contributed by atoms with van der Waals surface area (Å²) in [6.07, 6.45) is 0.878. The Morgan fingerprint density at radius 3 is 2.71 bits per heavy atom. The third-order valence-electron chi connectivity index (χ3n) is 6.16. The molecule has 0 spiro atoms. The van der Waals surface area contributed by atoms with Crippen molar-refractivity contribution in [1.29, 1.82) is 0 Å². The van der Waals surface area contributed by atoms with Crippen LogP contribution in [0.25, 0.3) is 0 Å². The zero-order chi connectivity index (χ0) is 25.0. The summed E-state index contributed by atoms with van der Waals surface area (Å²) in [6, 6.07) is 3.67. The molecule has 35 heavy (non-hydrogen) atoms. The van der Waals surface area contributed by atoms with Crippen molar-refractivity contribution in [2.45, 2.75) is 30.4 Å². The maximum Gasteiger partial charge on any atom is 0.404 e. The largest absolute Gasteiger partial charge is 0.461 e. The summed E-state index contributed by atoms with van der Waals surface area (Å²) < 4.78 is 16.0. The van der Waals surface area contributed by atoms with Crippen LogP contribution in [0.1, 0.15) is 17.7 Å². The van der Waals surface area contributed by atoms with E-state index in [1.54, 1.807) is 0 Å². The Morgan fingerprint density at radius 2 is 2.06 bits per heavy atom. The Bertz CT molecular complexity index is 1010. The molecule has 2 atom stereocenters. The number of ether oxygens (including phenoxy) is 3. The van der Waals surface area contributed by atoms with Crippen LogP contribution >= 0.6 is 23.1 Å². The maximum absolute atomic E-state index is 13.4. The van der Waals surface area contributed by atoms with E-state index in [2.05, 4.69) is 10.6 Å². The topological polar surface area (TPSA) is 149 Å².